The lowest BCUT2D eigenvalue weighted by Crippen LogP contribution is -2.15. The lowest BCUT2D eigenvalue weighted by molar-refractivity contribution is 0.318. The summed E-state index contributed by atoms with van der Waals surface area (Å²) in [4.78, 5) is 0.957. The van der Waals surface area contributed by atoms with Gasteiger partial charge in [-0.1, -0.05) is 17.3 Å². The van der Waals surface area contributed by atoms with E-state index in [0.29, 0.717) is 11.3 Å². The van der Waals surface area contributed by atoms with Crippen molar-refractivity contribution in [3.8, 4) is 11.6 Å². The van der Waals surface area contributed by atoms with Crippen LogP contribution in [0.1, 0.15) is 5.56 Å². The molecule has 2 rings (SSSR count). The fourth-order valence-corrected chi connectivity index (χ4v) is 1.98. The van der Waals surface area contributed by atoms with Crippen molar-refractivity contribution >= 4 is 17.6 Å². The summed E-state index contributed by atoms with van der Waals surface area (Å²) in [5.74, 6) is 0.758. The first kappa shape index (κ1) is 13.2. The third-order valence-corrected chi connectivity index (χ3v) is 3.12. The molecule has 0 saturated heterocycles. The maximum absolute atomic E-state index is 8.73. The van der Waals surface area contributed by atoms with Gasteiger partial charge >= 0.3 is 0 Å². The summed E-state index contributed by atoms with van der Waals surface area (Å²) in [6.07, 6.45) is 3.39. The number of ether oxygens (including phenoxy) is 1. The third kappa shape index (κ3) is 2.94. The maximum Gasteiger partial charge on any atom is 0.250 e. The van der Waals surface area contributed by atoms with Crippen molar-refractivity contribution in [2.45, 2.75) is 4.90 Å². The van der Waals surface area contributed by atoms with Gasteiger partial charge in [0, 0.05) is 4.90 Å². The van der Waals surface area contributed by atoms with E-state index in [-0.39, 0.29) is 11.7 Å². The van der Waals surface area contributed by atoms with E-state index >= 15 is 0 Å². The van der Waals surface area contributed by atoms with Gasteiger partial charge < -0.3 is 15.7 Å². The minimum absolute atomic E-state index is 0.0773. The van der Waals surface area contributed by atoms with E-state index in [2.05, 4.69) is 15.4 Å². The topological polar surface area (TPSA) is 93.6 Å². The summed E-state index contributed by atoms with van der Waals surface area (Å²) in [6, 6.07) is 9.09. The summed E-state index contributed by atoms with van der Waals surface area (Å²) in [6.45, 7) is 0. The first-order valence-electron chi connectivity index (χ1n) is 5.36. The highest BCUT2D eigenvalue weighted by Crippen LogP contribution is 2.31. The standard InChI is InChI=1S/C12H12N4O2S/c1-19-10-5-3-2-4-9(10)18-12-8(11(13)16-17)6-7-14-15-12/h2-7,17H,1H3,(H2,13,16). The van der Waals surface area contributed by atoms with Gasteiger partial charge in [0.2, 0.25) is 5.88 Å². The molecule has 0 aliphatic heterocycles. The SMILES string of the molecule is CSc1ccccc1Oc1nnccc1/C(N)=N/O. The molecule has 98 valence electrons. The highest BCUT2D eigenvalue weighted by atomic mass is 32.2. The third-order valence-electron chi connectivity index (χ3n) is 2.35. The van der Waals surface area contributed by atoms with Crippen LogP contribution in [0, 0.1) is 0 Å². The van der Waals surface area contributed by atoms with Crippen LogP contribution in [0.25, 0.3) is 0 Å². The van der Waals surface area contributed by atoms with Crippen LogP contribution >= 0.6 is 11.8 Å². The van der Waals surface area contributed by atoms with Crippen LogP contribution in [0.2, 0.25) is 0 Å². The fraction of sp³-hybridized carbons (Fsp3) is 0.0833. The Morgan fingerprint density at radius 3 is 2.89 bits per heavy atom. The van der Waals surface area contributed by atoms with E-state index < -0.39 is 0 Å². The van der Waals surface area contributed by atoms with Crippen molar-refractivity contribution in [1.82, 2.24) is 10.2 Å². The van der Waals surface area contributed by atoms with Crippen molar-refractivity contribution in [2.75, 3.05) is 6.26 Å². The van der Waals surface area contributed by atoms with Crippen LogP contribution < -0.4 is 10.5 Å². The van der Waals surface area contributed by atoms with Crippen LogP contribution in [0.15, 0.2) is 46.6 Å². The van der Waals surface area contributed by atoms with Gasteiger partial charge in [-0.3, -0.25) is 0 Å². The zero-order valence-electron chi connectivity index (χ0n) is 10.1. The molecule has 19 heavy (non-hydrogen) atoms. The molecule has 0 saturated carbocycles. The summed E-state index contributed by atoms with van der Waals surface area (Å²) in [7, 11) is 0. The smallest absolute Gasteiger partial charge is 0.250 e. The monoisotopic (exact) mass is 276 g/mol. The second kappa shape index (κ2) is 6.05. The molecular weight excluding hydrogens is 264 g/mol. The molecule has 0 unspecified atom stereocenters. The van der Waals surface area contributed by atoms with Gasteiger partial charge in [-0.25, -0.2) is 0 Å². The largest absolute Gasteiger partial charge is 0.436 e. The molecule has 2 aromatic rings. The highest BCUT2D eigenvalue weighted by molar-refractivity contribution is 7.98. The molecule has 0 atom stereocenters. The summed E-state index contributed by atoms with van der Waals surface area (Å²) in [5, 5.41) is 19.3. The lowest BCUT2D eigenvalue weighted by atomic mass is 10.3. The number of nitrogens with zero attached hydrogens (tertiary/aromatic N) is 3. The van der Waals surface area contributed by atoms with Crippen molar-refractivity contribution in [3.05, 3.63) is 42.1 Å². The molecule has 1 aromatic carbocycles. The molecule has 7 heteroatoms. The number of hydrogen-bond acceptors (Lipinski definition) is 6. The average molecular weight is 276 g/mol. The molecule has 0 fully saturated rings. The van der Waals surface area contributed by atoms with Gasteiger partial charge in [0.25, 0.3) is 0 Å². The molecule has 3 N–H and O–H groups in total. The molecule has 0 spiro atoms. The van der Waals surface area contributed by atoms with Crippen LogP contribution in [0.5, 0.6) is 11.6 Å². The summed E-state index contributed by atoms with van der Waals surface area (Å²) < 4.78 is 5.69. The molecule has 0 aliphatic rings. The second-order valence-electron chi connectivity index (χ2n) is 3.49. The number of benzene rings is 1. The number of aromatic nitrogens is 2. The quantitative estimate of drug-likeness (QED) is 0.292. The highest BCUT2D eigenvalue weighted by Gasteiger charge is 2.12. The van der Waals surface area contributed by atoms with Crippen molar-refractivity contribution in [2.24, 2.45) is 10.9 Å². The van der Waals surface area contributed by atoms with E-state index in [1.165, 1.54) is 6.20 Å². The van der Waals surface area contributed by atoms with E-state index in [4.69, 9.17) is 15.7 Å². The van der Waals surface area contributed by atoms with Crippen LogP contribution in [0.3, 0.4) is 0 Å². The number of para-hydroxylation sites is 1. The molecule has 6 nitrogen and oxygen atoms in total. The van der Waals surface area contributed by atoms with Crippen molar-refractivity contribution in [1.29, 1.82) is 0 Å². The molecule has 0 amide bonds. The summed E-state index contributed by atoms with van der Waals surface area (Å²) in [5.41, 5.74) is 5.95. The normalized spacial score (nSPS) is 11.3. The number of thioether (sulfide) groups is 1. The van der Waals surface area contributed by atoms with Gasteiger partial charge in [0.05, 0.1) is 11.8 Å². The molecule has 1 aromatic heterocycles. The average Bonchev–Trinajstić information content (AvgIpc) is 2.47. The van der Waals surface area contributed by atoms with E-state index in [1.807, 2.05) is 30.5 Å². The van der Waals surface area contributed by atoms with Crippen LogP contribution in [-0.4, -0.2) is 27.5 Å². The Kier molecular flexibility index (Phi) is 4.19. The zero-order valence-corrected chi connectivity index (χ0v) is 11.0. The molecule has 0 aliphatic carbocycles. The number of nitrogens with two attached hydrogens (primary N) is 1. The minimum Gasteiger partial charge on any atom is -0.436 e. The molecular formula is C12H12N4O2S. The minimum atomic E-state index is -0.0773. The molecule has 1 heterocycles. The second-order valence-corrected chi connectivity index (χ2v) is 4.34. The van der Waals surface area contributed by atoms with E-state index in [9.17, 15) is 0 Å². The fourth-order valence-electron chi connectivity index (χ4n) is 1.45. The predicted octanol–water partition coefficient (Wildman–Crippen LogP) is 2.09. The number of hydrogen-bond donors (Lipinski definition) is 2. The number of oxime groups is 1. The van der Waals surface area contributed by atoms with Crippen LogP contribution in [0.4, 0.5) is 0 Å². The van der Waals surface area contributed by atoms with Gasteiger partial charge in [-0.15, -0.1) is 16.9 Å². The Morgan fingerprint density at radius 1 is 1.37 bits per heavy atom. The van der Waals surface area contributed by atoms with E-state index in [1.54, 1.807) is 17.8 Å². The predicted molar refractivity (Wildman–Crippen MR) is 72.8 cm³/mol. The number of amidine groups is 1. The maximum atomic E-state index is 8.73. The molecule has 0 radical (unpaired) electrons. The summed E-state index contributed by atoms with van der Waals surface area (Å²) >= 11 is 1.55. The molecule has 0 bridgehead atoms. The Bertz CT molecular complexity index is 604. The van der Waals surface area contributed by atoms with Gasteiger partial charge in [-0.05, 0) is 24.5 Å². The number of rotatable bonds is 4. The van der Waals surface area contributed by atoms with Gasteiger partial charge in [-0.2, -0.15) is 5.10 Å². The van der Waals surface area contributed by atoms with Gasteiger partial charge in [0.15, 0.2) is 5.84 Å². The van der Waals surface area contributed by atoms with Gasteiger partial charge in [0.1, 0.15) is 5.75 Å². The van der Waals surface area contributed by atoms with Crippen molar-refractivity contribution in [3.63, 3.8) is 0 Å². The van der Waals surface area contributed by atoms with E-state index in [0.717, 1.165) is 4.90 Å². The first-order chi connectivity index (χ1) is 9.26. The lowest BCUT2D eigenvalue weighted by Gasteiger charge is -2.10. The van der Waals surface area contributed by atoms with Crippen molar-refractivity contribution < 1.29 is 9.94 Å². The zero-order chi connectivity index (χ0) is 13.7. The van der Waals surface area contributed by atoms with Crippen LogP contribution in [-0.2, 0) is 0 Å². The Hall–Kier alpha value is -2.28. The Balaban J connectivity index is 2.39. The Labute approximate surface area is 114 Å². The Morgan fingerprint density at radius 2 is 2.16 bits per heavy atom. The first-order valence-corrected chi connectivity index (χ1v) is 6.59.